The van der Waals surface area contributed by atoms with Crippen LogP contribution in [0.1, 0.15) is 16.8 Å². The fourth-order valence-electron chi connectivity index (χ4n) is 4.74. The van der Waals surface area contributed by atoms with Crippen molar-refractivity contribution in [3.8, 4) is 23.1 Å². The predicted molar refractivity (Wildman–Crippen MR) is 151 cm³/mol. The number of aromatic amines is 1. The first-order chi connectivity index (χ1) is 20.8. The molecule has 2 atom stereocenters. The number of β-amino-alcohol motifs (C(OH)–C–C–N with tert-alkyl or cyclic N) is 1. The highest BCUT2D eigenvalue weighted by molar-refractivity contribution is 6.04. The Morgan fingerprint density at radius 1 is 1.09 bits per heavy atom. The Morgan fingerprint density at radius 3 is 2.67 bits per heavy atom. The Hall–Kier alpha value is -5.21. The van der Waals surface area contributed by atoms with E-state index in [1.165, 1.54) is 60.9 Å². The SMILES string of the molecule is CN1CCC(Oc2n[nH]c3nccc(Oc4ccc(NC(=O)c5ccnn(-c6ccc(F)cc6)c5=O)cc4F)c23)C(O)C1. The summed E-state index contributed by atoms with van der Waals surface area (Å²) < 4.78 is 41.3. The zero-order chi connectivity index (χ0) is 30.1. The maximum atomic E-state index is 15.2. The molecule has 0 aliphatic carbocycles. The highest BCUT2D eigenvalue weighted by Gasteiger charge is 2.29. The minimum Gasteiger partial charge on any atom is -0.470 e. The number of aliphatic hydroxyl groups is 1. The molecule has 1 saturated heterocycles. The number of hydrogen-bond acceptors (Lipinski definition) is 9. The number of likely N-dealkylation sites (N-methyl/N-ethyl adjacent to an activating group) is 1. The van der Waals surface area contributed by atoms with Crippen LogP contribution in [0.5, 0.6) is 17.4 Å². The summed E-state index contributed by atoms with van der Waals surface area (Å²) in [4.78, 5) is 32.0. The van der Waals surface area contributed by atoms with Crippen molar-refractivity contribution in [2.75, 3.05) is 25.5 Å². The Balaban J connectivity index is 1.20. The number of halogens is 2. The van der Waals surface area contributed by atoms with Gasteiger partial charge in [0.25, 0.3) is 11.5 Å². The first-order valence-electron chi connectivity index (χ1n) is 13.3. The number of benzene rings is 2. The molecule has 43 heavy (non-hydrogen) atoms. The van der Waals surface area contributed by atoms with E-state index in [-0.39, 0.29) is 34.3 Å². The Morgan fingerprint density at radius 2 is 1.91 bits per heavy atom. The summed E-state index contributed by atoms with van der Waals surface area (Å²) in [7, 11) is 1.91. The van der Waals surface area contributed by atoms with Crippen LogP contribution in [0.25, 0.3) is 16.7 Å². The number of fused-ring (bicyclic) bond motifs is 1. The normalized spacial score (nSPS) is 17.1. The number of H-pyrrole nitrogens is 1. The summed E-state index contributed by atoms with van der Waals surface area (Å²) in [6, 6.07) is 11.6. The standard InChI is InChI=1S/C29H25F2N7O5/c1-37-13-10-23(21(39)15-37)43-28-25-24(9-11-32-26(25)35-36-28)42-22-7-4-17(14-20(22)31)34-27(40)19-8-12-33-38(29(19)41)18-5-2-16(30)3-6-18/h2-9,11-12,14,21,23,39H,10,13,15H2,1H3,(H,34,40)(H,32,35,36). The van der Waals surface area contributed by atoms with E-state index in [4.69, 9.17) is 9.47 Å². The topological polar surface area (TPSA) is 147 Å². The number of aliphatic hydroxyl groups excluding tert-OH is 1. The van der Waals surface area contributed by atoms with E-state index in [1.54, 1.807) is 0 Å². The van der Waals surface area contributed by atoms with Crippen LogP contribution in [-0.4, -0.2) is 73.2 Å². The molecule has 0 spiro atoms. The second-order valence-electron chi connectivity index (χ2n) is 9.98. The van der Waals surface area contributed by atoms with Crippen molar-refractivity contribution < 1.29 is 28.2 Å². The number of likely N-dealkylation sites (tertiary alicyclic amines) is 1. The van der Waals surface area contributed by atoms with Gasteiger partial charge in [0.1, 0.15) is 34.7 Å². The van der Waals surface area contributed by atoms with Crippen molar-refractivity contribution in [2.24, 2.45) is 0 Å². The molecule has 3 aromatic heterocycles. The first kappa shape index (κ1) is 27.9. The monoisotopic (exact) mass is 589 g/mol. The number of pyridine rings is 1. The van der Waals surface area contributed by atoms with Crippen molar-refractivity contribution in [1.82, 2.24) is 29.9 Å². The number of piperidine rings is 1. The number of amides is 1. The number of anilines is 1. The molecule has 1 amide bonds. The number of aromatic nitrogens is 5. The van der Waals surface area contributed by atoms with Crippen LogP contribution in [0.15, 0.2) is 71.8 Å². The van der Waals surface area contributed by atoms with Gasteiger partial charge < -0.3 is 24.8 Å². The zero-order valence-corrected chi connectivity index (χ0v) is 22.7. The van der Waals surface area contributed by atoms with E-state index in [0.29, 0.717) is 24.0 Å². The van der Waals surface area contributed by atoms with Gasteiger partial charge in [0, 0.05) is 43.3 Å². The van der Waals surface area contributed by atoms with Crippen molar-refractivity contribution in [2.45, 2.75) is 18.6 Å². The maximum Gasteiger partial charge on any atom is 0.284 e. The molecule has 0 radical (unpaired) electrons. The van der Waals surface area contributed by atoms with Crippen LogP contribution in [0.2, 0.25) is 0 Å². The number of carbonyl (C=O) groups excluding carboxylic acids is 1. The van der Waals surface area contributed by atoms with Gasteiger partial charge >= 0.3 is 0 Å². The molecule has 0 saturated carbocycles. The van der Waals surface area contributed by atoms with Crippen LogP contribution in [-0.2, 0) is 0 Å². The molecule has 3 N–H and O–H groups in total. The Kier molecular flexibility index (Phi) is 7.52. The van der Waals surface area contributed by atoms with Crippen molar-refractivity contribution in [1.29, 1.82) is 0 Å². The molecule has 12 nitrogen and oxygen atoms in total. The van der Waals surface area contributed by atoms with Gasteiger partial charge in [-0.25, -0.2) is 13.8 Å². The van der Waals surface area contributed by atoms with Gasteiger partial charge in [-0.1, -0.05) is 0 Å². The van der Waals surface area contributed by atoms with Crippen molar-refractivity contribution >= 4 is 22.6 Å². The van der Waals surface area contributed by atoms with Gasteiger partial charge in [-0.15, -0.1) is 5.10 Å². The molecule has 4 heterocycles. The second kappa shape index (κ2) is 11.6. The smallest absolute Gasteiger partial charge is 0.284 e. The van der Waals surface area contributed by atoms with E-state index in [2.05, 4.69) is 25.6 Å². The van der Waals surface area contributed by atoms with Gasteiger partial charge in [-0.05, 0) is 55.9 Å². The molecule has 2 aromatic carbocycles. The fraction of sp³-hybridized carbons (Fsp3) is 0.207. The summed E-state index contributed by atoms with van der Waals surface area (Å²) in [5.41, 5.74) is -0.292. The minimum atomic E-state index is -0.794. The first-order valence-corrected chi connectivity index (χ1v) is 13.3. The average Bonchev–Trinajstić information content (AvgIpc) is 3.40. The number of carbonyl (C=O) groups is 1. The highest BCUT2D eigenvalue weighted by Crippen LogP contribution is 2.36. The predicted octanol–water partition coefficient (Wildman–Crippen LogP) is 3.27. The summed E-state index contributed by atoms with van der Waals surface area (Å²) >= 11 is 0. The third kappa shape index (κ3) is 5.78. The molecule has 1 fully saturated rings. The molecule has 5 aromatic rings. The number of rotatable bonds is 7. The third-order valence-corrected chi connectivity index (χ3v) is 6.95. The van der Waals surface area contributed by atoms with E-state index in [1.807, 2.05) is 11.9 Å². The van der Waals surface area contributed by atoms with Gasteiger partial charge in [0.15, 0.2) is 17.2 Å². The van der Waals surface area contributed by atoms with Gasteiger partial charge in [-0.3, -0.25) is 14.7 Å². The van der Waals surface area contributed by atoms with Crippen LogP contribution in [0.4, 0.5) is 14.5 Å². The summed E-state index contributed by atoms with van der Waals surface area (Å²) in [5.74, 6) is -1.84. The zero-order valence-electron chi connectivity index (χ0n) is 22.7. The average molecular weight is 590 g/mol. The van der Waals surface area contributed by atoms with E-state index >= 15 is 4.39 Å². The molecule has 2 unspecified atom stereocenters. The van der Waals surface area contributed by atoms with Gasteiger partial charge in [0.05, 0.1) is 5.69 Å². The molecule has 6 rings (SSSR count). The fourth-order valence-corrected chi connectivity index (χ4v) is 4.74. The molecule has 1 aliphatic rings. The second-order valence-corrected chi connectivity index (χ2v) is 9.98. The number of hydrogen-bond donors (Lipinski definition) is 3. The highest BCUT2D eigenvalue weighted by atomic mass is 19.1. The van der Waals surface area contributed by atoms with Crippen LogP contribution in [0.3, 0.4) is 0 Å². The minimum absolute atomic E-state index is 0.0721. The molecule has 14 heteroatoms. The van der Waals surface area contributed by atoms with Crippen LogP contribution in [0, 0.1) is 11.6 Å². The van der Waals surface area contributed by atoms with Crippen molar-refractivity contribution in [3.05, 3.63) is 94.5 Å². The summed E-state index contributed by atoms with van der Waals surface area (Å²) in [5, 5.41) is 24.2. The molecular weight excluding hydrogens is 564 g/mol. The lowest BCUT2D eigenvalue weighted by Gasteiger charge is -2.33. The third-order valence-electron chi connectivity index (χ3n) is 6.95. The lowest BCUT2D eigenvalue weighted by atomic mass is 10.1. The Labute approximate surface area is 242 Å². The van der Waals surface area contributed by atoms with Crippen LogP contribution >= 0.6 is 0 Å². The quantitative estimate of drug-likeness (QED) is 0.260. The van der Waals surface area contributed by atoms with Gasteiger partial charge in [-0.2, -0.15) is 9.78 Å². The van der Waals surface area contributed by atoms with Crippen molar-refractivity contribution in [3.63, 3.8) is 0 Å². The molecule has 0 bridgehead atoms. The number of nitrogens with zero attached hydrogens (tertiary/aromatic N) is 5. The van der Waals surface area contributed by atoms with E-state index in [0.717, 1.165) is 17.3 Å². The molecule has 220 valence electrons. The molecule has 1 aliphatic heterocycles. The lowest BCUT2D eigenvalue weighted by molar-refractivity contribution is -0.0195. The summed E-state index contributed by atoms with van der Waals surface area (Å²) in [6.45, 7) is 1.19. The van der Waals surface area contributed by atoms with E-state index < -0.39 is 35.3 Å². The number of ether oxygens (including phenoxy) is 2. The maximum absolute atomic E-state index is 15.2. The number of nitrogens with one attached hydrogen (secondary N) is 2. The summed E-state index contributed by atoms with van der Waals surface area (Å²) in [6.07, 6.45) is 2.10. The Bertz CT molecular complexity index is 1860. The van der Waals surface area contributed by atoms with Crippen LogP contribution < -0.4 is 20.3 Å². The largest absolute Gasteiger partial charge is 0.470 e. The van der Waals surface area contributed by atoms with Gasteiger partial charge in [0.2, 0.25) is 5.88 Å². The van der Waals surface area contributed by atoms with E-state index in [9.17, 15) is 19.1 Å². The lowest BCUT2D eigenvalue weighted by Crippen LogP contribution is -2.47. The molecular formula is C29H25F2N7O5.